The minimum Gasteiger partial charge on any atom is -0.396 e. The van der Waals surface area contributed by atoms with E-state index in [1.54, 1.807) is 10.9 Å². The SMILES string of the molecule is Cc1ccc(-n2cc(N)c(-c3csc(Cl)c3)n2)cc1Cl. The Balaban J connectivity index is 2.06. The molecule has 0 fully saturated rings. The third-order valence-electron chi connectivity index (χ3n) is 3.00. The topological polar surface area (TPSA) is 43.8 Å². The number of anilines is 1. The lowest BCUT2D eigenvalue weighted by atomic mass is 10.2. The highest BCUT2D eigenvalue weighted by atomic mass is 35.5. The molecule has 0 spiro atoms. The summed E-state index contributed by atoms with van der Waals surface area (Å²) in [5, 5.41) is 7.16. The van der Waals surface area contributed by atoms with Crippen LogP contribution in [0.25, 0.3) is 16.9 Å². The van der Waals surface area contributed by atoms with Gasteiger partial charge in [0.15, 0.2) is 0 Å². The predicted molar refractivity (Wildman–Crippen MR) is 86.0 cm³/mol. The summed E-state index contributed by atoms with van der Waals surface area (Å²) in [5.74, 6) is 0. The second-order valence-corrected chi connectivity index (χ2v) is 6.40. The molecular weight excluding hydrogens is 313 g/mol. The van der Waals surface area contributed by atoms with Crippen molar-refractivity contribution in [2.75, 3.05) is 5.73 Å². The highest BCUT2D eigenvalue weighted by molar-refractivity contribution is 7.14. The predicted octanol–water partition coefficient (Wildman–Crippen LogP) is 4.80. The van der Waals surface area contributed by atoms with Gasteiger partial charge in [0.2, 0.25) is 0 Å². The number of hydrogen-bond donors (Lipinski definition) is 1. The van der Waals surface area contributed by atoms with Gasteiger partial charge in [-0.05, 0) is 30.7 Å². The van der Waals surface area contributed by atoms with Crippen LogP contribution in [0.1, 0.15) is 5.56 Å². The maximum absolute atomic E-state index is 6.14. The minimum atomic E-state index is 0.608. The van der Waals surface area contributed by atoms with Gasteiger partial charge in [-0.1, -0.05) is 29.3 Å². The van der Waals surface area contributed by atoms with E-state index in [0.29, 0.717) is 15.0 Å². The zero-order valence-electron chi connectivity index (χ0n) is 10.6. The van der Waals surface area contributed by atoms with Crippen LogP contribution in [0.3, 0.4) is 0 Å². The van der Waals surface area contributed by atoms with Crippen molar-refractivity contribution >= 4 is 40.2 Å². The first kappa shape index (κ1) is 13.5. The van der Waals surface area contributed by atoms with Crippen LogP contribution in [0, 0.1) is 6.92 Å². The summed E-state index contributed by atoms with van der Waals surface area (Å²) in [4.78, 5) is 0. The van der Waals surface area contributed by atoms with Gasteiger partial charge >= 0.3 is 0 Å². The highest BCUT2D eigenvalue weighted by Crippen LogP contribution is 2.32. The smallest absolute Gasteiger partial charge is 0.117 e. The van der Waals surface area contributed by atoms with Gasteiger partial charge in [-0.2, -0.15) is 5.10 Å². The number of hydrogen-bond acceptors (Lipinski definition) is 3. The maximum atomic E-state index is 6.14. The maximum Gasteiger partial charge on any atom is 0.117 e. The Morgan fingerprint density at radius 3 is 2.70 bits per heavy atom. The van der Waals surface area contributed by atoms with Crippen LogP contribution in [0.5, 0.6) is 0 Å². The Morgan fingerprint density at radius 2 is 2.05 bits per heavy atom. The highest BCUT2D eigenvalue weighted by Gasteiger charge is 2.11. The molecular formula is C14H11Cl2N3S. The largest absolute Gasteiger partial charge is 0.396 e. The van der Waals surface area contributed by atoms with Crippen LogP contribution in [0.4, 0.5) is 5.69 Å². The standard InChI is InChI=1S/C14H11Cl2N3S/c1-8-2-3-10(5-11(8)15)19-6-12(17)14(18-19)9-4-13(16)20-7-9/h2-7H,17H2,1H3. The van der Waals surface area contributed by atoms with Crippen molar-refractivity contribution in [1.29, 1.82) is 0 Å². The molecule has 3 nitrogen and oxygen atoms in total. The molecule has 0 amide bonds. The third-order valence-corrected chi connectivity index (χ3v) is 4.50. The summed E-state index contributed by atoms with van der Waals surface area (Å²) in [6.07, 6.45) is 1.78. The zero-order valence-corrected chi connectivity index (χ0v) is 12.9. The molecule has 0 aliphatic carbocycles. The van der Waals surface area contributed by atoms with E-state index in [1.165, 1.54) is 11.3 Å². The van der Waals surface area contributed by atoms with E-state index in [1.807, 2.05) is 36.6 Å². The molecule has 3 aromatic rings. The van der Waals surface area contributed by atoms with Crippen LogP contribution in [-0.2, 0) is 0 Å². The second-order valence-electron chi connectivity index (χ2n) is 4.45. The van der Waals surface area contributed by atoms with Gasteiger partial charge in [0, 0.05) is 16.0 Å². The van der Waals surface area contributed by atoms with Crippen molar-refractivity contribution in [3.63, 3.8) is 0 Å². The zero-order chi connectivity index (χ0) is 14.3. The summed E-state index contributed by atoms with van der Waals surface area (Å²) in [6.45, 7) is 1.96. The Hall–Kier alpha value is -1.49. The Kier molecular flexibility index (Phi) is 3.46. The first-order valence-corrected chi connectivity index (χ1v) is 7.54. The Bertz CT molecular complexity index is 777. The summed E-state index contributed by atoms with van der Waals surface area (Å²) in [7, 11) is 0. The molecule has 1 aromatic carbocycles. The van der Waals surface area contributed by atoms with Crippen LogP contribution >= 0.6 is 34.5 Å². The first-order valence-electron chi connectivity index (χ1n) is 5.90. The van der Waals surface area contributed by atoms with Crippen molar-refractivity contribution in [3.05, 3.63) is 50.8 Å². The molecule has 2 aromatic heterocycles. The molecule has 2 heterocycles. The van der Waals surface area contributed by atoms with E-state index in [4.69, 9.17) is 28.9 Å². The number of nitrogen functional groups attached to an aromatic ring is 1. The fourth-order valence-electron chi connectivity index (χ4n) is 1.90. The number of halogens is 2. The van der Waals surface area contributed by atoms with E-state index in [0.717, 1.165) is 22.5 Å². The van der Waals surface area contributed by atoms with Crippen LogP contribution in [0.2, 0.25) is 9.36 Å². The first-order chi connectivity index (χ1) is 9.54. The normalized spacial score (nSPS) is 10.9. The van der Waals surface area contributed by atoms with Crippen molar-refractivity contribution < 1.29 is 0 Å². The molecule has 102 valence electrons. The molecule has 0 aliphatic heterocycles. The molecule has 2 N–H and O–H groups in total. The molecule has 20 heavy (non-hydrogen) atoms. The molecule has 0 unspecified atom stereocenters. The number of rotatable bonds is 2. The number of benzene rings is 1. The molecule has 0 atom stereocenters. The number of aromatic nitrogens is 2. The quantitative estimate of drug-likeness (QED) is 0.736. The lowest BCUT2D eigenvalue weighted by molar-refractivity contribution is 0.884. The molecule has 0 aliphatic rings. The minimum absolute atomic E-state index is 0.608. The lowest BCUT2D eigenvalue weighted by Crippen LogP contribution is -1.95. The average molecular weight is 324 g/mol. The van der Waals surface area contributed by atoms with E-state index in [-0.39, 0.29) is 0 Å². The van der Waals surface area contributed by atoms with Gasteiger partial charge in [0.25, 0.3) is 0 Å². The van der Waals surface area contributed by atoms with E-state index in [2.05, 4.69) is 5.10 Å². The van der Waals surface area contributed by atoms with Crippen LogP contribution in [-0.4, -0.2) is 9.78 Å². The number of aryl methyl sites for hydroxylation is 1. The summed E-state index contributed by atoms with van der Waals surface area (Å²) >= 11 is 13.5. The van der Waals surface area contributed by atoms with Crippen molar-refractivity contribution in [2.45, 2.75) is 6.92 Å². The van der Waals surface area contributed by atoms with Gasteiger partial charge in [-0.25, -0.2) is 4.68 Å². The van der Waals surface area contributed by atoms with Crippen molar-refractivity contribution in [1.82, 2.24) is 9.78 Å². The second kappa shape index (κ2) is 5.13. The summed E-state index contributed by atoms with van der Waals surface area (Å²) < 4.78 is 2.44. The molecule has 0 saturated heterocycles. The number of thiophene rings is 1. The van der Waals surface area contributed by atoms with Gasteiger partial charge in [-0.15, -0.1) is 11.3 Å². The van der Waals surface area contributed by atoms with Crippen LogP contribution < -0.4 is 5.73 Å². The Labute approximate surface area is 130 Å². The van der Waals surface area contributed by atoms with Gasteiger partial charge < -0.3 is 5.73 Å². The molecule has 0 bridgehead atoms. The van der Waals surface area contributed by atoms with E-state index in [9.17, 15) is 0 Å². The van der Waals surface area contributed by atoms with Crippen LogP contribution in [0.15, 0.2) is 35.8 Å². The molecule has 0 radical (unpaired) electrons. The molecule has 6 heteroatoms. The Morgan fingerprint density at radius 1 is 1.25 bits per heavy atom. The summed E-state index contributed by atoms with van der Waals surface area (Å²) in [6, 6.07) is 7.64. The third kappa shape index (κ3) is 2.42. The van der Waals surface area contributed by atoms with Gasteiger partial charge in [-0.3, -0.25) is 0 Å². The fraction of sp³-hybridized carbons (Fsp3) is 0.0714. The van der Waals surface area contributed by atoms with Crippen molar-refractivity contribution in [3.8, 4) is 16.9 Å². The van der Waals surface area contributed by atoms with E-state index < -0.39 is 0 Å². The van der Waals surface area contributed by atoms with Gasteiger partial charge in [0.05, 0.1) is 21.9 Å². The summed E-state index contributed by atoms with van der Waals surface area (Å²) in [5.41, 5.74) is 10.2. The number of nitrogens with two attached hydrogens (primary N) is 1. The average Bonchev–Trinajstić information content (AvgIpc) is 2.99. The monoisotopic (exact) mass is 323 g/mol. The van der Waals surface area contributed by atoms with Gasteiger partial charge in [0.1, 0.15) is 5.69 Å². The van der Waals surface area contributed by atoms with E-state index >= 15 is 0 Å². The lowest BCUT2D eigenvalue weighted by Gasteiger charge is -2.03. The fourth-order valence-corrected chi connectivity index (χ4v) is 2.94. The van der Waals surface area contributed by atoms with Crippen molar-refractivity contribution in [2.24, 2.45) is 0 Å². The molecule has 3 rings (SSSR count). The molecule has 0 saturated carbocycles. The number of nitrogens with zero attached hydrogens (tertiary/aromatic N) is 2.